The van der Waals surface area contributed by atoms with Gasteiger partial charge >= 0.3 is 0 Å². The number of hydrogen-bond donors (Lipinski definition) is 2. The van der Waals surface area contributed by atoms with E-state index in [1.807, 2.05) is 5.38 Å². The lowest BCUT2D eigenvalue weighted by molar-refractivity contribution is 0.102. The van der Waals surface area contributed by atoms with Gasteiger partial charge in [-0.05, 0) is 37.1 Å². The van der Waals surface area contributed by atoms with Gasteiger partial charge in [0.05, 0.1) is 28.8 Å². The summed E-state index contributed by atoms with van der Waals surface area (Å²) in [5.74, 6) is -1.03. The minimum absolute atomic E-state index is 0.0765. The normalized spacial score (nSPS) is 13.4. The third kappa shape index (κ3) is 3.50. The number of anilines is 2. The van der Waals surface area contributed by atoms with Gasteiger partial charge in [-0.15, -0.1) is 11.3 Å². The molecule has 8 heteroatoms. The Kier molecular flexibility index (Phi) is 4.26. The summed E-state index contributed by atoms with van der Waals surface area (Å²) < 4.78 is 18.5. The fourth-order valence-corrected chi connectivity index (χ4v) is 3.27. The summed E-state index contributed by atoms with van der Waals surface area (Å²) in [5, 5.41) is 7.65. The van der Waals surface area contributed by atoms with E-state index in [0.717, 1.165) is 24.6 Å². The number of amides is 2. The Bertz CT molecular complexity index is 964. The monoisotopic (exact) mass is 371 g/mol. The molecule has 0 spiro atoms. The van der Waals surface area contributed by atoms with E-state index in [1.165, 1.54) is 42.1 Å². The number of hydrogen-bond acceptors (Lipinski definition) is 5. The number of carbonyl (C=O) groups excluding carboxylic acids is 2. The number of carbonyl (C=O) groups is 2. The van der Waals surface area contributed by atoms with Crippen LogP contribution in [-0.2, 0) is 0 Å². The molecule has 0 radical (unpaired) electrons. The number of aromatic nitrogens is 1. The molecule has 1 aromatic carbocycles. The first-order valence-electron chi connectivity index (χ1n) is 8.00. The van der Waals surface area contributed by atoms with Crippen LogP contribution in [0.4, 0.5) is 15.2 Å². The summed E-state index contributed by atoms with van der Waals surface area (Å²) in [5.41, 5.74) is 1.48. The van der Waals surface area contributed by atoms with Gasteiger partial charge in [-0.1, -0.05) is 0 Å². The number of nitrogens with zero attached hydrogens (tertiary/aromatic N) is 1. The summed E-state index contributed by atoms with van der Waals surface area (Å²) >= 11 is 1.34. The molecule has 2 heterocycles. The van der Waals surface area contributed by atoms with E-state index in [4.69, 9.17) is 4.42 Å². The fraction of sp³-hybridized carbons (Fsp3) is 0.167. The van der Waals surface area contributed by atoms with E-state index in [-0.39, 0.29) is 16.8 Å². The van der Waals surface area contributed by atoms with Crippen LogP contribution in [0.2, 0.25) is 0 Å². The average Bonchev–Trinajstić information content (AvgIpc) is 3.12. The van der Waals surface area contributed by atoms with Gasteiger partial charge in [-0.3, -0.25) is 14.9 Å². The topological polar surface area (TPSA) is 84.2 Å². The van der Waals surface area contributed by atoms with Crippen molar-refractivity contribution in [3.05, 3.63) is 64.8 Å². The van der Waals surface area contributed by atoms with Crippen LogP contribution < -0.4 is 10.6 Å². The summed E-state index contributed by atoms with van der Waals surface area (Å²) in [6.45, 7) is 0. The van der Waals surface area contributed by atoms with Gasteiger partial charge in [0.2, 0.25) is 0 Å². The zero-order valence-corrected chi connectivity index (χ0v) is 14.3. The van der Waals surface area contributed by atoms with Crippen molar-refractivity contribution in [2.45, 2.75) is 18.8 Å². The Morgan fingerprint density at radius 3 is 2.77 bits per heavy atom. The maximum atomic E-state index is 13.6. The molecule has 1 fully saturated rings. The molecule has 0 saturated heterocycles. The Morgan fingerprint density at radius 2 is 2.04 bits per heavy atom. The molecular formula is C18H14FN3O3S. The summed E-state index contributed by atoms with van der Waals surface area (Å²) in [6.07, 6.45) is 4.87. The lowest BCUT2D eigenvalue weighted by atomic mass is 10.1. The molecule has 26 heavy (non-hydrogen) atoms. The highest BCUT2D eigenvalue weighted by atomic mass is 32.1. The van der Waals surface area contributed by atoms with Gasteiger partial charge in [0.25, 0.3) is 11.8 Å². The highest BCUT2D eigenvalue weighted by Gasteiger charge is 2.26. The van der Waals surface area contributed by atoms with E-state index >= 15 is 0 Å². The molecule has 0 aliphatic heterocycles. The molecule has 132 valence electrons. The largest absolute Gasteiger partial charge is 0.472 e. The number of rotatable bonds is 5. The van der Waals surface area contributed by atoms with Crippen molar-refractivity contribution in [3.63, 3.8) is 0 Å². The predicted octanol–water partition coefficient (Wildman–Crippen LogP) is 4.26. The second-order valence-electron chi connectivity index (χ2n) is 5.96. The third-order valence-electron chi connectivity index (χ3n) is 4.00. The summed E-state index contributed by atoms with van der Waals surface area (Å²) in [4.78, 5) is 29.1. The SMILES string of the molecule is O=C(Nc1cc(F)ccc1C(=O)Nc1nc(C2CC2)cs1)c1ccoc1. The minimum Gasteiger partial charge on any atom is -0.472 e. The third-order valence-corrected chi connectivity index (χ3v) is 4.77. The molecule has 0 atom stereocenters. The predicted molar refractivity (Wildman–Crippen MR) is 95.1 cm³/mol. The Labute approximate surface area is 152 Å². The summed E-state index contributed by atoms with van der Waals surface area (Å²) in [6, 6.07) is 5.07. The zero-order chi connectivity index (χ0) is 18.1. The van der Waals surface area contributed by atoms with Gasteiger partial charge < -0.3 is 9.73 Å². The molecule has 4 rings (SSSR count). The van der Waals surface area contributed by atoms with Gasteiger partial charge in [0.15, 0.2) is 5.13 Å². The molecule has 3 aromatic rings. The van der Waals surface area contributed by atoms with Crippen LogP contribution in [0.25, 0.3) is 0 Å². The van der Waals surface area contributed by atoms with Crippen LogP contribution >= 0.6 is 11.3 Å². The molecule has 1 aliphatic carbocycles. The quantitative estimate of drug-likeness (QED) is 0.702. The van der Waals surface area contributed by atoms with Crippen molar-refractivity contribution < 1.29 is 18.4 Å². The molecule has 2 aromatic heterocycles. The molecule has 1 aliphatic rings. The van der Waals surface area contributed by atoms with E-state index < -0.39 is 17.6 Å². The molecule has 2 N–H and O–H groups in total. The Balaban J connectivity index is 1.54. The second kappa shape index (κ2) is 6.72. The Morgan fingerprint density at radius 1 is 1.19 bits per heavy atom. The smallest absolute Gasteiger partial charge is 0.259 e. The first-order valence-corrected chi connectivity index (χ1v) is 8.88. The Hall–Kier alpha value is -3.00. The first-order chi connectivity index (χ1) is 12.6. The molecule has 0 bridgehead atoms. The van der Waals surface area contributed by atoms with E-state index in [9.17, 15) is 14.0 Å². The molecule has 6 nitrogen and oxygen atoms in total. The standard InChI is InChI=1S/C18H14FN3O3S/c19-12-3-4-13(14(7-12)20-16(23)11-5-6-25-8-11)17(24)22-18-21-15(9-26-18)10-1-2-10/h3-10H,1-2H2,(H,20,23)(H,21,22,24). The van der Waals surface area contributed by atoms with Gasteiger partial charge in [0.1, 0.15) is 12.1 Å². The first kappa shape index (κ1) is 16.5. The molecular weight excluding hydrogens is 357 g/mol. The second-order valence-corrected chi connectivity index (χ2v) is 6.82. The zero-order valence-electron chi connectivity index (χ0n) is 13.5. The number of nitrogens with one attached hydrogen (secondary N) is 2. The van der Waals surface area contributed by atoms with Crippen LogP contribution in [0, 0.1) is 5.82 Å². The van der Waals surface area contributed by atoms with E-state index in [1.54, 1.807) is 0 Å². The van der Waals surface area contributed by atoms with Gasteiger partial charge in [0, 0.05) is 11.3 Å². The molecule has 1 saturated carbocycles. The van der Waals surface area contributed by atoms with E-state index in [2.05, 4.69) is 15.6 Å². The minimum atomic E-state index is -0.561. The van der Waals surface area contributed by atoms with Crippen LogP contribution in [0.3, 0.4) is 0 Å². The summed E-state index contributed by atoms with van der Waals surface area (Å²) in [7, 11) is 0. The van der Waals surface area contributed by atoms with Gasteiger partial charge in [-0.25, -0.2) is 9.37 Å². The number of benzene rings is 1. The number of thiazole rings is 1. The van der Waals surface area contributed by atoms with Crippen LogP contribution in [0.15, 0.2) is 46.6 Å². The van der Waals surface area contributed by atoms with Gasteiger partial charge in [-0.2, -0.15) is 0 Å². The fourth-order valence-electron chi connectivity index (χ4n) is 2.48. The van der Waals surface area contributed by atoms with Crippen molar-refractivity contribution in [1.82, 2.24) is 4.98 Å². The van der Waals surface area contributed by atoms with Crippen molar-refractivity contribution in [2.75, 3.05) is 10.6 Å². The van der Waals surface area contributed by atoms with Crippen molar-refractivity contribution in [3.8, 4) is 0 Å². The van der Waals surface area contributed by atoms with Crippen LogP contribution in [-0.4, -0.2) is 16.8 Å². The lowest BCUT2D eigenvalue weighted by Crippen LogP contribution is -2.18. The maximum Gasteiger partial charge on any atom is 0.259 e. The lowest BCUT2D eigenvalue weighted by Gasteiger charge is -2.10. The highest BCUT2D eigenvalue weighted by molar-refractivity contribution is 7.14. The van der Waals surface area contributed by atoms with E-state index in [0.29, 0.717) is 11.0 Å². The molecule has 0 unspecified atom stereocenters. The van der Waals surface area contributed by atoms with Crippen LogP contribution in [0.1, 0.15) is 45.2 Å². The van der Waals surface area contributed by atoms with Crippen molar-refractivity contribution in [1.29, 1.82) is 0 Å². The average molecular weight is 371 g/mol. The number of halogens is 1. The molecule has 2 amide bonds. The highest BCUT2D eigenvalue weighted by Crippen LogP contribution is 2.41. The van der Waals surface area contributed by atoms with Crippen molar-refractivity contribution >= 4 is 34.0 Å². The van der Waals surface area contributed by atoms with Crippen molar-refractivity contribution in [2.24, 2.45) is 0 Å². The van der Waals surface area contributed by atoms with Crippen LogP contribution in [0.5, 0.6) is 0 Å². The number of furan rings is 1. The maximum absolute atomic E-state index is 13.6.